The number of hydrogen-bond donors (Lipinski definition) is 1. The van der Waals surface area contributed by atoms with Gasteiger partial charge in [0.15, 0.2) is 0 Å². The quantitative estimate of drug-likeness (QED) is 0.821. The molecule has 0 radical (unpaired) electrons. The van der Waals surface area contributed by atoms with Crippen LogP contribution in [0.1, 0.15) is 44.0 Å². The highest BCUT2D eigenvalue weighted by Gasteiger charge is 2.31. The molecule has 0 aromatic carbocycles. The molecule has 0 amide bonds. The smallest absolute Gasteiger partial charge is 0.0997 e. The lowest BCUT2D eigenvalue weighted by Gasteiger charge is -2.24. The molecule has 88 valence electrons. The maximum atomic E-state index is 4.33. The fourth-order valence-corrected chi connectivity index (χ4v) is 3.07. The number of hydrogen-bond acceptors (Lipinski definition) is 3. The number of fused-ring (bicyclic) bond motifs is 1. The molecule has 1 aliphatic carbocycles. The Morgan fingerprint density at radius 1 is 1.38 bits per heavy atom. The van der Waals surface area contributed by atoms with Crippen molar-refractivity contribution >= 4 is 0 Å². The topological polar surface area (TPSA) is 42.7 Å². The molecule has 1 N–H and O–H groups in total. The summed E-state index contributed by atoms with van der Waals surface area (Å²) in [6.07, 6.45) is 6.54. The molecule has 4 heteroatoms. The molecule has 16 heavy (non-hydrogen) atoms. The van der Waals surface area contributed by atoms with E-state index in [1.54, 1.807) is 0 Å². The van der Waals surface area contributed by atoms with E-state index in [9.17, 15) is 0 Å². The van der Waals surface area contributed by atoms with Gasteiger partial charge in [-0.25, -0.2) is 4.68 Å². The summed E-state index contributed by atoms with van der Waals surface area (Å²) in [6.45, 7) is 5.42. The molecule has 0 saturated heterocycles. The van der Waals surface area contributed by atoms with Crippen LogP contribution in [0.2, 0.25) is 0 Å². The summed E-state index contributed by atoms with van der Waals surface area (Å²) in [5.74, 6) is 0. The fourth-order valence-electron chi connectivity index (χ4n) is 3.07. The van der Waals surface area contributed by atoms with E-state index in [-0.39, 0.29) is 0 Å². The van der Waals surface area contributed by atoms with Crippen molar-refractivity contribution in [3.8, 4) is 0 Å². The lowest BCUT2D eigenvalue weighted by Crippen LogP contribution is -2.27. The van der Waals surface area contributed by atoms with Crippen LogP contribution >= 0.6 is 0 Å². The van der Waals surface area contributed by atoms with Gasteiger partial charge >= 0.3 is 0 Å². The van der Waals surface area contributed by atoms with Crippen molar-refractivity contribution < 1.29 is 0 Å². The molecule has 2 aliphatic rings. The lowest BCUT2D eigenvalue weighted by atomic mass is 9.89. The molecule has 3 rings (SSSR count). The van der Waals surface area contributed by atoms with E-state index in [1.807, 2.05) is 0 Å². The molecule has 1 fully saturated rings. The summed E-state index contributed by atoms with van der Waals surface area (Å²) in [7, 11) is 0. The van der Waals surface area contributed by atoms with Gasteiger partial charge < -0.3 is 5.32 Å². The molecule has 2 heterocycles. The highest BCUT2D eigenvalue weighted by Crippen LogP contribution is 2.39. The van der Waals surface area contributed by atoms with Gasteiger partial charge in [0.1, 0.15) is 0 Å². The minimum Gasteiger partial charge on any atom is -0.311 e. The molecule has 0 spiro atoms. The van der Waals surface area contributed by atoms with E-state index in [4.69, 9.17) is 0 Å². The second kappa shape index (κ2) is 3.84. The van der Waals surface area contributed by atoms with E-state index in [1.165, 1.54) is 31.4 Å². The van der Waals surface area contributed by atoms with Crippen molar-refractivity contribution in [1.29, 1.82) is 0 Å². The van der Waals surface area contributed by atoms with Gasteiger partial charge in [-0.05, 0) is 18.3 Å². The Labute approximate surface area is 96.4 Å². The minimum absolute atomic E-state index is 0.465. The maximum absolute atomic E-state index is 4.33. The molecule has 1 aromatic rings. The van der Waals surface area contributed by atoms with Crippen LogP contribution in [0.5, 0.6) is 0 Å². The standard InChI is InChI=1S/C12H20N4/c1-12(5-2-3-6-12)9-16-11-4-7-13-8-10(11)14-15-16/h13H,2-9H2,1H3. The van der Waals surface area contributed by atoms with Crippen molar-refractivity contribution in [2.45, 2.75) is 52.1 Å². The molecular formula is C12H20N4. The first kappa shape index (κ1) is 10.3. The van der Waals surface area contributed by atoms with E-state index < -0.39 is 0 Å². The maximum Gasteiger partial charge on any atom is 0.0997 e. The van der Waals surface area contributed by atoms with Crippen molar-refractivity contribution in [2.75, 3.05) is 6.54 Å². The van der Waals surface area contributed by atoms with Crippen LogP contribution in [0.15, 0.2) is 0 Å². The van der Waals surface area contributed by atoms with Gasteiger partial charge in [-0.2, -0.15) is 0 Å². The molecule has 1 saturated carbocycles. The van der Waals surface area contributed by atoms with Crippen molar-refractivity contribution in [2.24, 2.45) is 5.41 Å². The van der Waals surface area contributed by atoms with Crippen LogP contribution in [-0.2, 0) is 19.5 Å². The predicted molar refractivity (Wildman–Crippen MR) is 62.0 cm³/mol. The third kappa shape index (κ3) is 1.75. The largest absolute Gasteiger partial charge is 0.311 e. The van der Waals surface area contributed by atoms with Gasteiger partial charge in [0.05, 0.1) is 11.4 Å². The average Bonchev–Trinajstić information content (AvgIpc) is 2.87. The second-order valence-corrected chi connectivity index (χ2v) is 5.59. The third-order valence-corrected chi connectivity index (χ3v) is 4.09. The van der Waals surface area contributed by atoms with Gasteiger partial charge in [-0.3, -0.25) is 0 Å². The predicted octanol–water partition coefficient (Wildman–Crippen LogP) is 1.50. The van der Waals surface area contributed by atoms with Crippen LogP contribution in [0.4, 0.5) is 0 Å². The first-order chi connectivity index (χ1) is 7.77. The summed E-state index contributed by atoms with van der Waals surface area (Å²) in [6, 6.07) is 0. The second-order valence-electron chi connectivity index (χ2n) is 5.59. The van der Waals surface area contributed by atoms with Crippen molar-refractivity contribution in [3.05, 3.63) is 11.4 Å². The van der Waals surface area contributed by atoms with Crippen LogP contribution < -0.4 is 5.32 Å². The van der Waals surface area contributed by atoms with Crippen LogP contribution in [0.3, 0.4) is 0 Å². The SMILES string of the molecule is CC1(Cn2nnc3c2CCNC3)CCCC1. The summed E-state index contributed by atoms with van der Waals surface area (Å²) < 4.78 is 2.17. The number of rotatable bonds is 2. The number of aromatic nitrogens is 3. The van der Waals surface area contributed by atoms with Crippen LogP contribution in [-0.4, -0.2) is 21.5 Å². The van der Waals surface area contributed by atoms with E-state index >= 15 is 0 Å². The van der Waals surface area contributed by atoms with Gasteiger partial charge in [-0.1, -0.05) is 25.0 Å². The van der Waals surface area contributed by atoms with Gasteiger partial charge in [0.25, 0.3) is 0 Å². The lowest BCUT2D eigenvalue weighted by molar-refractivity contribution is 0.261. The zero-order valence-corrected chi connectivity index (χ0v) is 10.00. The Morgan fingerprint density at radius 2 is 2.19 bits per heavy atom. The Morgan fingerprint density at radius 3 is 3.00 bits per heavy atom. The molecule has 0 unspecified atom stereocenters. The van der Waals surface area contributed by atoms with Crippen LogP contribution in [0.25, 0.3) is 0 Å². The van der Waals surface area contributed by atoms with Gasteiger partial charge in [0.2, 0.25) is 0 Å². The first-order valence-corrected chi connectivity index (χ1v) is 6.39. The van der Waals surface area contributed by atoms with Gasteiger partial charge in [-0.15, -0.1) is 5.10 Å². The monoisotopic (exact) mass is 220 g/mol. The van der Waals surface area contributed by atoms with Crippen molar-refractivity contribution in [1.82, 2.24) is 20.3 Å². The first-order valence-electron chi connectivity index (χ1n) is 6.39. The third-order valence-electron chi connectivity index (χ3n) is 4.09. The summed E-state index contributed by atoms with van der Waals surface area (Å²) in [5.41, 5.74) is 2.99. The summed E-state index contributed by atoms with van der Waals surface area (Å²) >= 11 is 0. The Hall–Kier alpha value is -0.900. The zero-order chi connectivity index (χ0) is 11.0. The average molecular weight is 220 g/mol. The fraction of sp³-hybridized carbons (Fsp3) is 0.833. The molecule has 0 bridgehead atoms. The Bertz CT molecular complexity index is 376. The highest BCUT2D eigenvalue weighted by molar-refractivity contribution is 5.13. The molecular weight excluding hydrogens is 200 g/mol. The normalized spacial score (nSPS) is 23.3. The Kier molecular flexibility index (Phi) is 2.46. The number of nitrogens with zero attached hydrogens (tertiary/aromatic N) is 3. The summed E-state index contributed by atoms with van der Waals surface area (Å²) in [4.78, 5) is 0. The van der Waals surface area contributed by atoms with E-state index in [2.05, 4.69) is 27.2 Å². The van der Waals surface area contributed by atoms with Crippen LogP contribution in [0, 0.1) is 5.41 Å². The van der Waals surface area contributed by atoms with E-state index in [0.717, 1.165) is 31.7 Å². The summed E-state index contributed by atoms with van der Waals surface area (Å²) in [5, 5.41) is 12.0. The Balaban J connectivity index is 1.81. The highest BCUT2D eigenvalue weighted by atomic mass is 15.4. The zero-order valence-electron chi connectivity index (χ0n) is 10.00. The van der Waals surface area contributed by atoms with Gasteiger partial charge in [0, 0.05) is 26.1 Å². The van der Waals surface area contributed by atoms with E-state index in [0.29, 0.717) is 5.41 Å². The molecule has 4 nitrogen and oxygen atoms in total. The molecule has 1 aromatic heterocycles. The molecule has 0 atom stereocenters. The van der Waals surface area contributed by atoms with Crippen molar-refractivity contribution in [3.63, 3.8) is 0 Å². The number of nitrogens with one attached hydrogen (secondary N) is 1. The molecule has 1 aliphatic heterocycles. The minimum atomic E-state index is 0.465.